The highest BCUT2D eigenvalue weighted by molar-refractivity contribution is 6.32. The summed E-state index contributed by atoms with van der Waals surface area (Å²) in [4.78, 5) is 25.9. The molecule has 0 heterocycles. The molecule has 0 saturated carbocycles. The topological polar surface area (TPSA) is 105 Å². The minimum atomic E-state index is -1.05. The Bertz CT molecular complexity index is 1770. The van der Waals surface area contributed by atoms with E-state index in [1.165, 1.54) is 18.2 Å². The van der Waals surface area contributed by atoms with Crippen molar-refractivity contribution in [3.63, 3.8) is 0 Å². The van der Waals surface area contributed by atoms with E-state index in [9.17, 15) is 14.7 Å². The predicted molar refractivity (Wildman–Crippen MR) is 161 cm³/mol. The van der Waals surface area contributed by atoms with Gasteiger partial charge in [-0.25, -0.2) is 5.43 Å². The average molecular weight is 550 g/mol. The molecule has 0 aliphatic carbocycles. The highest BCUT2D eigenvalue weighted by Crippen LogP contribution is 2.27. The number of hydrazone groups is 1. The number of phenols is 1. The summed E-state index contributed by atoms with van der Waals surface area (Å²) in [6.07, 6.45) is 2.18. The maximum Gasteiger partial charge on any atom is 0.271 e. The number of benzene rings is 5. The molecular weight excluding hydrogens is 522 g/mol. The Morgan fingerprint density at radius 2 is 1.60 bits per heavy atom. The maximum atomic E-state index is 13.5. The first-order valence-corrected chi connectivity index (χ1v) is 13.2. The van der Waals surface area contributed by atoms with E-state index < -0.39 is 11.4 Å². The molecule has 7 heteroatoms. The van der Waals surface area contributed by atoms with E-state index in [0.717, 1.165) is 38.2 Å². The van der Waals surface area contributed by atoms with Crippen LogP contribution < -0.4 is 11.2 Å². The molecule has 5 aromatic carbocycles. The van der Waals surface area contributed by atoms with Crippen molar-refractivity contribution in [3.8, 4) is 5.75 Å². The van der Waals surface area contributed by atoms with E-state index in [2.05, 4.69) is 28.7 Å². The van der Waals surface area contributed by atoms with Gasteiger partial charge in [-0.3, -0.25) is 9.59 Å². The number of rotatable bonds is 8. The summed E-state index contributed by atoms with van der Waals surface area (Å²) >= 11 is 5.90. The van der Waals surface area contributed by atoms with Crippen molar-refractivity contribution in [2.24, 2.45) is 10.8 Å². The summed E-state index contributed by atoms with van der Waals surface area (Å²) in [5.74, 6) is -0.611. The van der Waals surface area contributed by atoms with Gasteiger partial charge in [-0.15, -0.1) is 0 Å². The van der Waals surface area contributed by atoms with Crippen LogP contribution in [0.15, 0.2) is 102 Å². The molecule has 0 aliphatic rings. The van der Waals surface area contributed by atoms with Crippen molar-refractivity contribution in [2.45, 2.75) is 25.3 Å². The molecule has 1 unspecified atom stereocenters. The number of ketones is 1. The van der Waals surface area contributed by atoms with Gasteiger partial charge in [0.1, 0.15) is 5.75 Å². The Hall–Kier alpha value is -4.52. The van der Waals surface area contributed by atoms with Gasteiger partial charge in [0.2, 0.25) is 0 Å². The number of amides is 1. The van der Waals surface area contributed by atoms with Gasteiger partial charge in [0.05, 0.1) is 16.8 Å². The van der Waals surface area contributed by atoms with Gasteiger partial charge < -0.3 is 10.8 Å². The van der Waals surface area contributed by atoms with E-state index in [4.69, 9.17) is 17.3 Å². The molecule has 200 valence electrons. The van der Waals surface area contributed by atoms with Crippen LogP contribution >= 0.6 is 11.6 Å². The number of nitrogens with two attached hydrogens (primary N) is 1. The molecule has 1 amide bonds. The molecular formula is C33H28ClN3O3. The second-order valence-corrected chi connectivity index (χ2v) is 10.5. The fourth-order valence-corrected chi connectivity index (χ4v) is 5.02. The number of hydrogen-bond donors (Lipinski definition) is 3. The first kappa shape index (κ1) is 27.1. The number of carbonyl (C=O) groups excluding carboxylic acids is 2. The van der Waals surface area contributed by atoms with Crippen molar-refractivity contribution in [2.75, 3.05) is 0 Å². The van der Waals surface area contributed by atoms with Crippen LogP contribution in [0.3, 0.4) is 0 Å². The standard InChI is InChI=1S/C33H28ClN3O3/c1-33(35,19-24-9-6-8-21-7-2-3-10-26(21)24)31(39)18-22-13-14-25(28-12-5-4-11-27(22)28)20-36-37-32(40)23-15-16-30(38)29(34)17-23/h2-17,20,38H,18-19,35H2,1H3,(H,37,40)/b36-20+. The van der Waals surface area contributed by atoms with Crippen LogP contribution in [-0.2, 0) is 17.6 Å². The lowest BCUT2D eigenvalue weighted by atomic mass is 9.84. The highest BCUT2D eigenvalue weighted by atomic mass is 35.5. The van der Waals surface area contributed by atoms with Gasteiger partial charge in [-0.05, 0) is 64.2 Å². The van der Waals surface area contributed by atoms with Crippen LogP contribution in [0.2, 0.25) is 5.02 Å². The van der Waals surface area contributed by atoms with Crippen LogP contribution in [0.25, 0.3) is 21.5 Å². The van der Waals surface area contributed by atoms with Gasteiger partial charge in [0.15, 0.2) is 5.78 Å². The molecule has 0 radical (unpaired) electrons. The Balaban J connectivity index is 1.34. The Morgan fingerprint density at radius 3 is 2.38 bits per heavy atom. The van der Waals surface area contributed by atoms with Gasteiger partial charge in [0.25, 0.3) is 5.91 Å². The zero-order valence-electron chi connectivity index (χ0n) is 21.9. The number of Topliss-reactive ketones (excluding diaryl/α,β-unsaturated/α-hetero) is 1. The number of nitrogens with one attached hydrogen (secondary N) is 1. The summed E-state index contributed by atoms with van der Waals surface area (Å²) < 4.78 is 0. The lowest BCUT2D eigenvalue weighted by Crippen LogP contribution is -2.47. The van der Waals surface area contributed by atoms with E-state index >= 15 is 0 Å². The van der Waals surface area contributed by atoms with Crippen LogP contribution in [0.4, 0.5) is 0 Å². The summed E-state index contributed by atoms with van der Waals surface area (Å²) in [7, 11) is 0. The number of nitrogens with zero attached hydrogens (tertiary/aromatic N) is 1. The molecule has 1 atom stereocenters. The normalized spacial score (nSPS) is 13.0. The van der Waals surface area contributed by atoms with E-state index in [-0.39, 0.29) is 28.5 Å². The van der Waals surface area contributed by atoms with Crippen molar-refractivity contribution in [1.82, 2.24) is 5.43 Å². The van der Waals surface area contributed by atoms with Crippen molar-refractivity contribution >= 4 is 51.1 Å². The molecule has 0 fully saturated rings. The summed E-state index contributed by atoms with van der Waals surface area (Å²) in [6, 6.07) is 29.9. The number of aromatic hydroxyl groups is 1. The molecule has 6 nitrogen and oxygen atoms in total. The second-order valence-electron chi connectivity index (χ2n) is 10.1. The van der Waals surface area contributed by atoms with Crippen molar-refractivity contribution in [3.05, 3.63) is 124 Å². The van der Waals surface area contributed by atoms with Crippen LogP contribution in [-0.4, -0.2) is 28.6 Å². The molecule has 0 saturated heterocycles. The molecule has 5 rings (SSSR count). The zero-order chi connectivity index (χ0) is 28.3. The summed E-state index contributed by atoms with van der Waals surface area (Å²) in [6.45, 7) is 1.80. The van der Waals surface area contributed by atoms with E-state index in [1.807, 2.05) is 60.7 Å². The summed E-state index contributed by atoms with van der Waals surface area (Å²) in [5.41, 5.74) is 11.0. The molecule has 5 aromatic rings. The molecule has 40 heavy (non-hydrogen) atoms. The van der Waals surface area contributed by atoms with Crippen LogP contribution in [0.5, 0.6) is 5.75 Å². The number of fused-ring (bicyclic) bond motifs is 2. The monoisotopic (exact) mass is 549 g/mol. The smallest absolute Gasteiger partial charge is 0.271 e. The van der Waals surface area contributed by atoms with Gasteiger partial charge in [-0.2, -0.15) is 5.10 Å². The number of halogens is 1. The number of phenolic OH excluding ortho intramolecular Hbond substituents is 1. The average Bonchev–Trinajstić information content (AvgIpc) is 2.95. The van der Waals surface area contributed by atoms with Crippen LogP contribution in [0.1, 0.15) is 34.0 Å². The van der Waals surface area contributed by atoms with Gasteiger partial charge in [0, 0.05) is 17.5 Å². The molecule has 4 N–H and O–H groups in total. The van der Waals surface area contributed by atoms with Crippen LogP contribution in [0, 0.1) is 0 Å². The Labute approximate surface area is 237 Å². The Morgan fingerprint density at radius 1 is 0.900 bits per heavy atom. The van der Waals surface area contributed by atoms with Gasteiger partial charge in [-0.1, -0.05) is 90.5 Å². The zero-order valence-corrected chi connectivity index (χ0v) is 22.7. The third-order valence-electron chi connectivity index (χ3n) is 7.05. The minimum Gasteiger partial charge on any atom is -0.506 e. The third kappa shape index (κ3) is 5.73. The Kier molecular flexibility index (Phi) is 7.65. The lowest BCUT2D eigenvalue weighted by molar-refractivity contribution is -0.122. The molecule has 0 aliphatic heterocycles. The minimum absolute atomic E-state index is 0.0492. The fourth-order valence-electron chi connectivity index (χ4n) is 4.84. The first-order valence-electron chi connectivity index (χ1n) is 12.8. The number of carbonyl (C=O) groups is 2. The first-order chi connectivity index (χ1) is 19.2. The molecule has 0 aromatic heterocycles. The van der Waals surface area contributed by atoms with E-state index in [0.29, 0.717) is 6.42 Å². The lowest BCUT2D eigenvalue weighted by Gasteiger charge is -2.24. The second kappa shape index (κ2) is 11.3. The van der Waals surface area contributed by atoms with Crippen molar-refractivity contribution < 1.29 is 14.7 Å². The predicted octanol–water partition coefficient (Wildman–Crippen LogP) is 6.19. The van der Waals surface area contributed by atoms with E-state index in [1.54, 1.807) is 13.1 Å². The van der Waals surface area contributed by atoms with Crippen molar-refractivity contribution in [1.29, 1.82) is 0 Å². The molecule has 0 bridgehead atoms. The largest absolute Gasteiger partial charge is 0.506 e. The summed E-state index contributed by atoms with van der Waals surface area (Å²) in [5, 5.41) is 17.8. The third-order valence-corrected chi connectivity index (χ3v) is 7.36. The fraction of sp³-hybridized carbons (Fsp3) is 0.121. The SMILES string of the molecule is CC(N)(Cc1cccc2ccccc12)C(=O)Cc1ccc(/C=N/NC(=O)c2ccc(O)c(Cl)c2)c2ccccc12. The number of hydrogen-bond acceptors (Lipinski definition) is 5. The maximum absolute atomic E-state index is 13.5. The van der Waals surface area contributed by atoms with Gasteiger partial charge >= 0.3 is 0 Å². The highest BCUT2D eigenvalue weighted by Gasteiger charge is 2.29. The quantitative estimate of drug-likeness (QED) is 0.158. The molecule has 0 spiro atoms.